The van der Waals surface area contributed by atoms with Crippen molar-refractivity contribution in [2.24, 2.45) is 0 Å². The summed E-state index contributed by atoms with van der Waals surface area (Å²) in [6.45, 7) is 3.92. The molecule has 1 unspecified atom stereocenters. The molecule has 0 aliphatic rings. The maximum atomic E-state index is 12.5. The van der Waals surface area contributed by atoms with E-state index in [9.17, 15) is 8.42 Å². The number of rotatable bonds is 6. The number of hydrogen-bond acceptors (Lipinski definition) is 4. The highest BCUT2D eigenvalue weighted by Gasteiger charge is 2.26. The lowest BCUT2D eigenvalue weighted by molar-refractivity contribution is 0.369. The number of hydrogen-bond donors (Lipinski definition) is 1. The number of benzene rings is 1. The lowest BCUT2D eigenvalue weighted by Gasteiger charge is -2.24. The summed E-state index contributed by atoms with van der Waals surface area (Å²) in [4.78, 5) is 0.124. The SMILES string of the molecule is CCCC(C)N(C)S(=O)(=O)c1ccc(OC)cc1N. The molecule has 19 heavy (non-hydrogen) atoms. The smallest absolute Gasteiger partial charge is 0.245 e. The number of methoxy groups -OCH3 is 1. The summed E-state index contributed by atoms with van der Waals surface area (Å²) >= 11 is 0. The largest absolute Gasteiger partial charge is 0.497 e. The second kappa shape index (κ2) is 6.25. The number of sulfonamides is 1. The van der Waals surface area contributed by atoms with E-state index in [2.05, 4.69) is 0 Å². The number of anilines is 1. The van der Waals surface area contributed by atoms with Crippen LogP contribution in [0.25, 0.3) is 0 Å². The first-order chi connectivity index (χ1) is 8.84. The lowest BCUT2D eigenvalue weighted by atomic mass is 10.2. The van der Waals surface area contributed by atoms with Crippen LogP contribution in [0.4, 0.5) is 5.69 Å². The van der Waals surface area contributed by atoms with Gasteiger partial charge in [0.1, 0.15) is 10.6 Å². The van der Waals surface area contributed by atoms with E-state index in [0.29, 0.717) is 5.75 Å². The van der Waals surface area contributed by atoms with Gasteiger partial charge in [-0.25, -0.2) is 8.42 Å². The van der Waals surface area contributed by atoms with Crippen molar-refractivity contribution in [3.05, 3.63) is 18.2 Å². The molecule has 0 heterocycles. The van der Waals surface area contributed by atoms with Crippen molar-refractivity contribution in [3.8, 4) is 5.75 Å². The van der Waals surface area contributed by atoms with E-state index < -0.39 is 10.0 Å². The topological polar surface area (TPSA) is 72.6 Å². The average molecular weight is 286 g/mol. The van der Waals surface area contributed by atoms with Crippen LogP contribution in [0.1, 0.15) is 26.7 Å². The molecule has 0 amide bonds. The van der Waals surface area contributed by atoms with E-state index in [1.807, 2.05) is 13.8 Å². The Bertz CT molecular complexity index is 529. The first-order valence-electron chi connectivity index (χ1n) is 6.26. The third-order valence-corrected chi connectivity index (χ3v) is 5.25. The molecule has 0 spiro atoms. The van der Waals surface area contributed by atoms with Crippen molar-refractivity contribution < 1.29 is 13.2 Å². The molecule has 0 saturated carbocycles. The van der Waals surface area contributed by atoms with Crippen molar-refractivity contribution in [1.82, 2.24) is 4.31 Å². The highest BCUT2D eigenvalue weighted by Crippen LogP contribution is 2.27. The summed E-state index contributed by atoms with van der Waals surface area (Å²) in [7, 11) is -0.468. The molecule has 0 saturated heterocycles. The summed E-state index contributed by atoms with van der Waals surface area (Å²) in [6, 6.07) is 4.54. The third-order valence-electron chi connectivity index (χ3n) is 3.20. The average Bonchev–Trinajstić information content (AvgIpc) is 2.37. The van der Waals surface area contributed by atoms with Crippen molar-refractivity contribution in [3.63, 3.8) is 0 Å². The molecule has 0 aliphatic carbocycles. The Labute approximate surface area is 115 Å². The van der Waals surface area contributed by atoms with Crippen LogP contribution in [0, 0.1) is 0 Å². The Balaban J connectivity index is 3.13. The number of ether oxygens (including phenoxy) is 1. The normalized spacial score (nSPS) is 13.5. The maximum Gasteiger partial charge on any atom is 0.245 e. The van der Waals surface area contributed by atoms with Crippen molar-refractivity contribution in [2.45, 2.75) is 37.6 Å². The van der Waals surface area contributed by atoms with Crippen LogP contribution in [0.15, 0.2) is 23.1 Å². The fourth-order valence-electron chi connectivity index (χ4n) is 1.88. The van der Waals surface area contributed by atoms with Gasteiger partial charge in [0.15, 0.2) is 0 Å². The van der Waals surface area contributed by atoms with Gasteiger partial charge in [0, 0.05) is 19.2 Å². The fraction of sp³-hybridized carbons (Fsp3) is 0.538. The summed E-state index contributed by atoms with van der Waals surface area (Å²) in [5, 5.41) is 0. The molecule has 1 atom stereocenters. The van der Waals surface area contributed by atoms with Crippen LogP contribution in [0.3, 0.4) is 0 Å². The van der Waals surface area contributed by atoms with Gasteiger partial charge < -0.3 is 10.5 Å². The zero-order valence-corrected chi connectivity index (χ0v) is 12.7. The molecule has 0 bridgehead atoms. The van der Waals surface area contributed by atoms with Crippen molar-refractivity contribution >= 4 is 15.7 Å². The zero-order chi connectivity index (χ0) is 14.6. The molecule has 0 aliphatic heterocycles. The van der Waals surface area contributed by atoms with Gasteiger partial charge in [-0.05, 0) is 25.5 Å². The van der Waals surface area contributed by atoms with Gasteiger partial charge in [0.05, 0.1) is 12.8 Å². The minimum absolute atomic E-state index is 0.0588. The Morgan fingerprint density at radius 1 is 1.42 bits per heavy atom. The Morgan fingerprint density at radius 3 is 2.53 bits per heavy atom. The predicted molar refractivity (Wildman–Crippen MR) is 76.7 cm³/mol. The molecule has 0 aromatic heterocycles. The van der Waals surface area contributed by atoms with Gasteiger partial charge in [-0.1, -0.05) is 13.3 Å². The summed E-state index contributed by atoms with van der Waals surface area (Å²) in [6.07, 6.45) is 1.74. The Morgan fingerprint density at radius 2 is 2.05 bits per heavy atom. The van der Waals surface area contributed by atoms with Crippen molar-refractivity contribution in [1.29, 1.82) is 0 Å². The van der Waals surface area contributed by atoms with E-state index in [1.165, 1.54) is 23.5 Å². The van der Waals surface area contributed by atoms with Gasteiger partial charge >= 0.3 is 0 Å². The first-order valence-corrected chi connectivity index (χ1v) is 7.70. The monoisotopic (exact) mass is 286 g/mol. The quantitative estimate of drug-likeness (QED) is 0.813. The van der Waals surface area contributed by atoms with Crippen molar-refractivity contribution in [2.75, 3.05) is 19.9 Å². The van der Waals surface area contributed by atoms with E-state index in [-0.39, 0.29) is 16.6 Å². The molecule has 0 radical (unpaired) electrons. The van der Waals surface area contributed by atoms with Gasteiger partial charge in [-0.15, -0.1) is 0 Å². The molecule has 1 aromatic rings. The molecule has 0 fully saturated rings. The predicted octanol–water partition coefficient (Wildman–Crippen LogP) is 2.09. The summed E-state index contributed by atoms with van der Waals surface area (Å²) in [5.74, 6) is 0.542. The fourth-order valence-corrected chi connectivity index (χ4v) is 3.37. The van der Waals surface area contributed by atoms with Crippen LogP contribution in [-0.4, -0.2) is 32.9 Å². The highest BCUT2D eigenvalue weighted by molar-refractivity contribution is 7.89. The second-order valence-electron chi connectivity index (χ2n) is 4.56. The van der Waals surface area contributed by atoms with Crippen LogP contribution in [-0.2, 0) is 10.0 Å². The van der Waals surface area contributed by atoms with E-state index >= 15 is 0 Å². The minimum atomic E-state index is -3.56. The highest BCUT2D eigenvalue weighted by atomic mass is 32.2. The van der Waals surface area contributed by atoms with Crippen LogP contribution < -0.4 is 10.5 Å². The molecule has 108 valence electrons. The number of nitrogens with zero attached hydrogens (tertiary/aromatic N) is 1. The first kappa shape index (κ1) is 15.8. The lowest BCUT2D eigenvalue weighted by Crippen LogP contribution is -2.35. The molecular formula is C13H22N2O3S. The van der Waals surface area contributed by atoms with E-state index in [4.69, 9.17) is 10.5 Å². The molecule has 1 aromatic carbocycles. The van der Waals surface area contributed by atoms with Gasteiger partial charge in [-0.2, -0.15) is 4.31 Å². The second-order valence-corrected chi connectivity index (χ2v) is 6.53. The van der Waals surface area contributed by atoms with Gasteiger partial charge in [0.25, 0.3) is 0 Å². The third kappa shape index (κ3) is 3.39. The molecular weight excluding hydrogens is 264 g/mol. The maximum absolute atomic E-state index is 12.5. The Kier molecular flexibility index (Phi) is 5.20. The number of nitrogens with two attached hydrogens (primary N) is 1. The zero-order valence-electron chi connectivity index (χ0n) is 11.9. The van der Waals surface area contributed by atoms with Gasteiger partial charge in [0.2, 0.25) is 10.0 Å². The minimum Gasteiger partial charge on any atom is -0.497 e. The summed E-state index contributed by atoms with van der Waals surface area (Å²) in [5.41, 5.74) is 6.01. The van der Waals surface area contributed by atoms with Crippen LogP contribution in [0.5, 0.6) is 5.75 Å². The van der Waals surface area contributed by atoms with E-state index in [1.54, 1.807) is 13.1 Å². The van der Waals surface area contributed by atoms with Gasteiger partial charge in [-0.3, -0.25) is 0 Å². The number of nitrogen functional groups attached to an aromatic ring is 1. The molecule has 2 N–H and O–H groups in total. The van der Waals surface area contributed by atoms with E-state index in [0.717, 1.165) is 12.8 Å². The summed E-state index contributed by atoms with van der Waals surface area (Å²) < 4.78 is 31.3. The molecule has 6 heteroatoms. The Hall–Kier alpha value is -1.27. The van der Waals surface area contributed by atoms with Crippen LogP contribution in [0.2, 0.25) is 0 Å². The van der Waals surface area contributed by atoms with Crippen LogP contribution >= 0.6 is 0 Å². The molecule has 5 nitrogen and oxygen atoms in total. The molecule has 1 rings (SSSR count). The standard InChI is InChI=1S/C13H22N2O3S/c1-5-6-10(2)15(3)19(16,17)13-8-7-11(18-4)9-12(13)14/h7-10H,5-6,14H2,1-4H3.